The minimum Gasteiger partial charge on any atom is -0.382 e. The summed E-state index contributed by atoms with van der Waals surface area (Å²) in [7, 11) is 1.59. The van der Waals surface area contributed by atoms with Gasteiger partial charge in [-0.3, -0.25) is 10.1 Å². The highest BCUT2D eigenvalue weighted by atomic mass is 35.5. The maximum atomic E-state index is 10.7. The van der Waals surface area contributed by atoms with Crippen LogP contribution in [0.4, 0.5) is 11.4 Å². The molecule has 1 aromatic rings. The number of rotatable bonds is 5. The van der Waals surface area contributed by atoms with Gasteiger partial charge in [0.15, 0.2) is 0 Å². The van der Waals surface area contributed by atoms with Gasteiger partial charge in [-0.25, -0.2) is 0 Å². The Bertz CT molecular complexity index is 441. The van der Waals surface area contributed by atoms with Gasteiger partial charge in [-0.2, -0.15) is 0 Å². The van der Waals surface area contributed by atoms with Crippen molar-refractivity contribution < 1.29 is 9.66 Å². The Labute approximate surface area is 115 Å². The molecule has 1 aromatic carbocycles. The highest BCUT2D eigenvalue weighted by Gasteiger charge is 2.22. The third kappa shape index (κ3) is 3.73. The molecule has 7 heteroatoms. The van der Waals surface area contributed by atoms with Gasteiger partial charge in [0.05, 0.1) is 32.8 Å². The molecule has 0 saturated heterocycles. The first-order chi connectivity index (χ1) is 8.26. The first kappa shape index (κ1) is 15.0. The van der Waals surface area contributed by atoms with Crippen molar-refractivity contribution in [3.05, 3.63) is 32.3 Å². The molecular formula is C11H14Cl2N2O3. The average molecular weight is 293 g/mol. The van der Waals surface area contributed by atoms with E-state index in [2.05, 4.69) is 5.32 Å². The molecule has 0 aliphatic rings. The number of nitro benzene ring substituents is 1. The summed E-state index contributed by atoms with van der Waals surface area (Å²) in [6, 6.07) is 2.53. The molecule has 0 bridgehead atoms. The Kier molecular flexibility index (Phi) is 4.78. The van der Waals surface area contributed by atoms with E-state index in [1.165, 1.54) is 12.1 Å². The van der Waals surface area contributed by atoms with E-state index >= 15 is 0 Å². The lowest BCUT2D eigenvalue weighted by molar-refractivity contribution is -0.384. The minimum absolute atomic E-state index is 0.139. The monoisotopic (exact) mass is 292 g/mol. The zero-order valence-electron chi connectivity index (χ0n) is 10.3. The van der Waals surface area contributed by atoms with Crippen LogP contribution < -0.4 is 5.32 Å². The van der Waals surface area contributed by atoms with Crippen LogP contribution in [0.5, 0.6) is 0 Å². The van der Waals surface area contributed by atoms with E-state index in [4.69, 9.17) is 27.9 Å². The first-order valence-corrected chi connectivity index (χ1v) is 5.93. The Morgan fingerprint density at radius 3 is 2.28 bits per heavy atom. The van der Waals surface area contributed by atoms with Crippen molar-refractivity contribution in [2.24, 2.45) is 0 Å². The Morgan fingerprint density at radius 2 is 1.89 bits per heavy atom. The number of hydrogen-bond acceptors (Lipinski definition) is 4. The molecule has 1 N–H and O–H groups in total. The maximum absolute atomic E-state index is 10.7. The third-order valence-corrected chi connectivity index (χ3v) is 2.80. The number of benzene rings is 1. The summed E-state index contributed by atoms with van der Waals surface area (Å²) in [5.41, 5.74) is -0.0656. The van der Waals surface area contributed by atoms with E-state index in [9.17, 15) is 10.1 Å². The smallest absolute Gasteiger partial charge is 0.272 e. The fourth-order valence-electron chi connectivity index (χ4n) is 1.52. The lowest BCUT2D eigenvalue weighted by Gasteiger charge is -2.27. The molecule has 0 radical (unpaired) electrons. The standard InChI is InChI=1S/C11H14Cl2N2O3/c1-11(2,6-18-3)14-10-8(12)4-7(15(16)17)5-9(10)13/h4-5,14H,6H2,1-3H3. The van der Waals surface area contributed by atoms with Crippen LogP contribution in [0.1, 0.15) is 13.8 Å². The van der Waals surface area contributed by atoms with Crippen molar-refractivity contribution in [1.82, 2.24) is 0 Å². The third-order valence-electron chi connectivity index (χ3n) is 2.21. The molecule has 0 spiro atoms. The molecule has 0 amide bonds. The molecule has 1 rings (SSSR count). The number of hydrogen-bond donors (Lipinski definition) is 1. The van der Waals surface area contributed by atoms with Gasteiger partial charge in [-0.15, -0.1) is 0 Å². The van der Waals surface area contributed by atoms with E-state index in [0.717, 1.165) is 0 Å². The Morgan fingerprint density at radius 1 is 1.39 bits per heavy atom. The highest BCUT2D eigenvalue weighted by molar-refractivity contribution is 6.39. The Hall–Kier alpha value is -1.04. The SMILES string of the molecule is COCC(C)(C)Nc1c(Cl)cc([N+](=O)[O-])cc1Cl. The Balaban J connectivity index is 3.08. The fourth-order valence-corrected chi connectivity index (χ4v) is 2.09. The first-order valence-electron chi connectivity index (χ1n) is 5.17. The van der Waals surface area contributed by atoms with Gasteiger partial charge in [-0.05, 0) is 13.8 Å². The van der Waals surface area contributed by atoms with Gasteiger partial charge in [0, 0.05) is 19.2 Å². The normalized spacial score (nSPS) is 11.4. The molecule has 0 aromatic heterocycles. The number of methoxy groups -OCH3 is 1. The second-order valence-corrected chi connectivity index (χ2v) is 5.30. The molecule has 0 unspecified atom stereocenters. The number of anilines is 1. The molecular weight excluding hydrogens is 279 g/mol. The second-order valence-electron chi connectivity index (χ2n) is 4.48. The molecule has 0 heterocycles. The summed E-state index contributed by atoms with van der Waals surface area (Å²) in [4.78, 5) is 10.1. The maximum Gasteiger partial charge on any atom is 0.272 e. The number of non-ortho nitro benzene ring substituents is 1. The van der Waals surface area contributed by atoms with Gasteiger partial charge in [-0.1, -0.05) is 23.2 Å². The average Bonchev–Trinajstić information content (AvgIpc) is 2.22. The molecule has 5 nitrogen and oxygen atoms in total. The summed E-state index contributed by atoms with van der Waals surface area (Å²) < 4.78 is 5.06. The zero-order valence-corrected chi connectivity index (χ0v) is 11.8. The van der Waals surface area contributed by atoms with E-state index in [-0.39, 0.29) is 15.7 Å². The van der Waals surface area contributed by atoms with Crippen molar-refractivity contribution in [1.29, 1.82) is 0 Å². The number of halogens is 2. The van der Waals surface area contributed by atoms with E-state index < -0.39 is 10.5 Å². The largest absolute Gasteiger partial charge is 0.382 e. The topological polar surface area (TPSA) is 64.4 Å². The number of nitrogens with zero attached hydrogens (tertiary/aromatic N) is 1. The predicted octanol–water partition coefficient (Wildman–Crippen LogP) is 3.74. The summed E-state index contributed by atoms with van der Waals surface area (Å²) in [5.74, 6) is 0. The van der Waals surface area contributed by atoms with Gasteiger partial charge < -0.3 is 10.1 Å². The summed E-state index contributed by atoms with van der Waals surface area (Å²) in [6.07, 6.45) is 0. The molecule has 0 fully saturated rings. The van der Waals surface area contributed by atoms with Crippen molar-refractivity contribution >= 4 is 34.6 Å². The quantitative estimate of drug-likeness (QED) is 0.663. The predicted molar refractivity (Wildman–Crippen MR) is 72.7 cm³/mol. The summed E-state index contributed by atoms with van der Waals surface area (Å²) in [5, 5.41) is 14.2. The molecule has 0 saturated carbocycles. The van der Waals surface area contributed by atoms with Crippen LogP contribution in [-0.4, -0.2) is 24.2 Å². The number of nitrogens with one attached hydrogen (secondary N) is 1. The van der Waals surface area contributed by atoms with Crippen LogP contribution in [-0.2, 0) is 4.74 Å². The lowest BCUT2D eigenvalue weighted by Crippen LogP contribution is -2.36. The summed E-state index contributed by atoms with van der Waals surface area (Å²) >= 11 is 12.0. The number of nitro groups is 1. The highest BCUT2D eigenvalue weighted by Crippen LogP contribution is 2.36. The van der Waals surface area contributed by atoms with E-state index in [1.54, 1.807) is 7.11 Å². The fraction of sp³-hybridized carbons (Fsp3) is 0.455. The molecule has 0 atom stereocenters. The lowest BCUT2D eigenvalue weighted by atomic mass is 10.1. The number of ether oxygens (including phenoxy) is 1. The molecule has 100 valence electrons. The van der Waals surface area contributed by atoms with Crippen molar-refractivity contribution in [3.8, 4) is 0 Å². The van der Waals surface area contributed by atoms with Crippen LogP contribution in [0.25, 0.3) is 0 Å². The summed E-state index contributed by atoms with van der Waals surface area (Å²) in [6.45, 7) is 4.26. The van der Waals surface area contributed by atoms with Crippen molar-refractivity contribution in [2.75, 3.05) is 19.0 Å². The van der Waals surface area contributed by atoms with Crippen LogP contribution >= 0.6 is 23.2 Å². The van der Waals surface area contributed by atoms with Gasteiger partial charge in [0.1, 0.15) is 0 Å². The molecule has 0 aliphatic carbocycles. The van der Waals surface area contributed by atoms with E-state index in [0.29, 0.717) is 12.3 Å². The molecule has 0 aliphatic heterocycles. The van der Waals surface area contributed by atoms with Crippen LogP contribution in [0, 0.1) is 10.1 Å². The van der Waals surface area contributed by atoms with Crippen molar-refractivity contribution in [3.63, 3.8) is 0 Å². The zero-order chi connectivity index (χ0) is 13.9. The van der Waals surface area contributed by atoms with Crippen LogP contribution in [0.15, 0.2) is 12.1 Å². The molecule has 18 heavy (non-hydrogen) atoms. The van der Waals surface area contributed by atoms with E-state index in [1.807, 2.05) is 13.8 Å². The van der Waals surface area contributed by atoms with Crippen LogP contribution in [0.3, 0.4) is 0 Å². The van der Waals surface area contributed by atoms with Gasteiger partial charge in [0.25, 0.3) is 5.69 Å². The van der Waals surface area contributed by atoms with Crippen molar-refractivity contribution in [2.45, 2.75) is 19.4 Å². The minimum atomic E-state index is -0.540. The second kappa shape index (κ2) is 5.73. The van der Waals surface area contributed by atoms with Crippen LogP contribution in [0.2, 0.25) is 10.0 Å². The van der Waals surface area contributed by atoms with Gasteiger partial charge in [0.2, 0.25) is 0 Å². The van der Waals surface area contributed by atoms with Gasteiger partial charge >= 0.3 is 0 Å².